The Bertz CT molecular complexity index is 856. The molecule has 24 heavy (non-hydrogen) atoms. The van der Waals surface area contributed by atoms with Gasteiger partial charge in [0.25, 0.3) is 0 Å². The summed E-state index contributed by atoms with van der Waals surface area (Å²) in [4.78, 5) is 2.49. The van der Waals surface area contributed by atoms with Crippen LogP contribution in [0.25, 0.3) is 5.65 Å². The summed E-state index contributed by atoms with van der Waals surface area (Å²) >= 11 is 0. The largest absolute Gasteiger partial charge is 0.382 e. The van der Waals surface area contributed by atoms with Crippen LogP contribution in [0.5, 0.6) is 0 Å². The van der Waals surface area contributed by atoms with Crippen LogP contribution in [-0.2, 0) is 0 Å². The molecule has 1 fully saturated rings. The second kappa shape index (κ2) is 6.11. The smallest absolute Gasteiger partial charge is 0.200 e. The standard InChI is InChI=1S/C18H22N6/c1-13-5-3-4-6-17(13)23-8-7-15(11-23)10-19-16-9-14(2)22-24-12-20-21-18(16)24/h3-6,9,12,15,19H,7-8,10-11H2,1-2H3. The maximum atomic E-state index is 4.38. The van der Waals surface area contributed by atoms with E-state index in [4.69, 9.17) is 0 Å². The zero-order chi connectivity index (χ0) is 16.5. The van der Waals surface area contributed by atoms with Crippen LogP contribution in [0.3, 0.4) is 0 Å². The van der Waals surface area contributed by atoms with Crippen molar-refractivity contribution in [3.63, 3.8) is 0 Å². The lowest BCUT2D eigenvalue weighted by Crippen LogP contribution is -2.23. The third kappa shape index (κ3) is 2.79. The molecule has 1 aromatic carbocycles. The number of hydrogen-bond acceptors (Lipinski definition) is 5. The van der Waals surface area contributed by atoms with E-state index >= 15 is 0 Å². The molecule has 1 aliphatic rings. The van der Waals surface area contributed by atoms with Gasteiger partial charge in [0.05, 0.1) is 11.4 Å². The molecule has 1 saturated heterocycles. The van der Waals surface area contributed by atoms with Gasteiger partial charge in [0, 0.05) is 25.3 Å². The summed E-state index contributed by atoms with van der Waals surface area (Å²) in [6, 6.07) is 10.7. The van der Waals surface area contributed by atoms with E-state index in [1.54, 1.807) is 10.8 Å². The summed E-state index contributed by atoms with van der Waals surface area (Å²) in [5.74, 6) is 0.626. The highest BCUT2D eigenvalue weighted by atomic mass is 15.3. The normalized spacial score (nSPS) is 17.6. The summed E-state index contributed by atoms with van der Waals surface area (Å²) in [6.45, 7) is 7.31. The highest BCUT2D eigenvalue weighted by Gasteiger charge is 2.23. The highest BCUT2D eigenvalue weighted by Crippen LogP contribution is 2.27. The third-order valence-electron chi connectivity index (χ3n) is 4.71. The summed E-state index contributed by atoms with van der Waals surface area (Å²) in [7, 11) is 0. The molecule has 6 heteroatoms. The number of aromatic nitrogens is 4. The second-order valence-corrected chi connectivity index (χ2v) is 6.57. The minimum absolute atomic E-state index is 0.626. The Morgan fingerprint density at radius 1 is 1.25 bits per heavy atom. The number of anilines is 2. The highest BCUT2D eigenvalue weighted by molar-refractivity contribution is 5.66. The summed E-state index contributed by atoms with van der Waals surface area (Å²) in [5, 5.41) is 16.0. The fraction of sp³-hybridized carbons (Fsp3) is 0.389. The van der Waals surface area contributed by atoms with Gasteiger partial charge >= 0.3 is 0 Å². The van der Waals surface area contributed by atoms with Gasteiger partial charge in [0.2, 0.25) is 5.65 Å². The SMILES string of the molecule is Cc1cc(NCC2CCN(c3ccccc3C)C2)c2nncn2n1. The van der Waals surface area contributed by atoms with Crippen molar-refractivity contribution in [3.05, 3.63) is 47.9 Å². The van der Waals surface area contributed by atoms with Gasteiger partial charge < -0.3 is 10.2 Å². The molecule has 6 nitrogen and oxygen atoms in total. The van der Waals surface area contributed by atoms with Crippen LogP contribution in [0.4, 0.5) is 11.4 Å². The number of rotatable bonds is 4. The molecule has 1 atom stereocenters. The van der Waals surface area contributed by atoms with Crippen molar-refractivity contribution >= 4 is 17.0 Å². The van der Waals surface area contributed by atoms with Crippen LogP contribution in [0.15, 0.2) is 36.7 Å². The van der Waals surface area contributed by atoms with Gasteiger partial charge in [-0.25, -0.2) is 0 Å². The van der Waals surface area contributed by atoms with Crippen LogP contribution in [0.2, 0.25) is 0 Å². The predicted octanol–water partition coefficient (Wildman–Crippen LogP) is 2.68. The minimum atomic E-state index is 0.626. The van der Waals surface area contributed by atoms with Crippen molar-refractivity contribution in [2.45, 2.75) is 20.3 Å². The average Bonchev–Trinajstić information content (AvgIpc) is 3.22. The van der Waals surface area contributed by atoms with Crippen LogP contribution in [0, 0.1) is 19.8 Å². The Labute approximate surface area is 141 Å². The monoisotopic (exact) mass is 322 g/mol. The first-order valence-electron chi connectivity index (χ1n) is 8.43. The average molecular weight is 322 g/mol. The Morgan fingerprint density at radius 3 is 3.00 bits per heavy atom. The molecular formula is C18H22N6. The zero-order valence-corrected chi connectivity index (χ0v) is 14.1. The van der Waals surface area contributed by atoms with Crippen LogP contribution >= 0.6 is 0 Å². The number of hydrogen-bond donors (Lipinski definition) is 1. The summed E-state index contributed by atoms with van der Waals surface area (Å²) in [6.07, 6.45) is 2.84. The van der Waals surface area contributed by atoms with Gasteiger partial charge in [-0.05, 0) is 43.9 Å². The van der Waals surface area contributed by atoms with Gasteiger partial charge in [-0.2, -0.15) is 9.61 Å². The Morgan fingerprint density at radius 2 is 2.12 bits per heavy atom. The van der Waals surface area contributed by atoms with E-state index in [1.165, 1.54) is 17.7 Å². The molecule has 124 valence electrons. The van der Waals surface area contributed by atoms with E-state index in [9.17, 15) is 0 Å². The molecule has 0 aliphatic carbocycles. The maximum Gasteiger partial charge on any atom is 0.200 e. The van der Waals surface area contributed by atoms with Gasteiger partial charge in [-0.3, -0.25) is 0 Å². The molecule has 0 amide bonds. The van der Waals surface area contributed by atoms with Gasteiger partial charge in [0.15, 0.2) is 0 Å². The van der Waals surface area contributed by atoms with E-state index in [-0.39, 0.29) is 0 Å². The van der Waals surface area contributed by atoms with Gasteiger partial charge in [-0.15, -0.1) is 10.2 Å². The second-order valence-electron chi connectivity index (χ2n) is 6.57. The lowest BCUT2D eigenvalue weighted by Gasteiger charge is -2.21. The first kappa shape index (κ1) is 14.9. The molecule has 1 N–H and O–H groups in total. The van der Waals surface area contributed by atoms with Crippen molar-refractivity contribution in [3.8, 4) is 0 Å². The zero-order valence-electron chi connectivity index (χ0n) is 14.1. The third-order valence-corrected chi connectivity index (χ3v) is 4.71. The van der Waals surface area contributed by atoms with Crippen molar-refractivity contribution in [1.82, 2.24) is 19.8 Å². The van der Waals surface area contributed by atoms with E-state index in [1.807, 2.05) is 13.0 Å². The maximum absolute atomic E-state index is 4.38. The molecule has 1 aliphatic heterocycles. The van der Waals surface area contributed by atoms with Crippen molar-refractivity contribution in [2.24, 2.45) is 5.92 Å². The lowest BCUT2D eigenvalue weighted by atomic mass is 10.1. The Kier molecular flexibility index (Phi) is 3.80. The molecule has 3 heterocycles. The molecule has 1 unspecified atom stereocenters. The molecule has 4 rings (SSSR count). The molecular weight excluding hydrogens is 300 g/mol. The van der Waals surface area contributed by atoms with E-state index in [0.29, 0.717) is 5.92 Å². The van der Waals surface area contributed by atoms with Crippen LogP contribution < -0.4 is 10.2 Å². The number of para-hydroxylation sites is 1. The number of nitrogens with zero attached hydrogens (tertiary/aromatic N) is 5. The summed E-state index contributed by atoms with van der Waals surface area (Å²) < 4.78 is 1.73. The summed E-state index contributed by atoms with van der Waals surface area (Å²) in [5.41, 5.74) is 5.46. The van der Waals surface area contributed by atoms with E-state index in [2.05, 4.69) is 56.7 Å². The van der Waals surface area contributed by atoms with Gasteiger partial charge in [0.1, 0.15) is 6.33 Å². The Balaban J connectivity index is 1.44. The predicted molar refractivity (Wildman–Crippen MR) is 95.5 cm³/mol. The topological polar surface area (TPSA) is 58.3 Å². The molecule has 3 aromatic rings. The first-order chi connectivity index (χ1) is 11.7. The Hall–Kier alpha value is -2.63. The minimum Gasteiger partial charge on any atom is -0.382 e. The fourth-order valence-electron chi connectivity index (χ4n) is 3.47. The number of benzene rings is 1. The van der Waals surface area contributed by atoms with Crippen molar-refractivity contribution in [2.75, 3.05) is 29.9 Å². The molecule has 0 radical (unpaired) electrons. The number of aryl methyl sites for hydroxylation is 2. The molecule has 0 saturated carbocycles. The van der Waals surface area contributed by atoms with Crippen molar-refractivity contribution < 1.29 is 0 Å². The van der Waals surface area contributed by atoms with Crippen LogP contribution in [-0.4, -0.2) is 39.4 Å². The van der Waals surface area contributed by atoms with Crippen LogP contribution in [0.1, 0.15) is 17.7 Å². The number of nitrogens with one attached hydrogen (secondary N) is 1. The lowest BCUT2D eigenvalue weighted by molar-refractivity contribution is 0.622. The van der Waals surface area contributed by atoms with E-state index in [0.717, 1.165) is 36.7 Å². The number of fused-ring (bicyclic) bond motifs is 1. The van der Waals surface area contributed by atoms with E-state index < -0.39 is 0 Å². The fourth-order valence-corrected chi connectivity index (χ4v) is 3.47. The molecule has 0 spiro atoms. The first-order valence-corrected chi connectivity index (χ1v) is 8.43. The molecule has 0 bridgehead atoms. The van der Waals surface area contributed by atoms with Gasteiger partial charge in [-0.1, -0.05) is 18.2 Å². The quantitative estimate of drug-likeness (QED) is 0.800. The van der Waals surface area contributed by atoms with Crippen molar-refractivity contribution in [1.29, 1.82) is 0 Å². The molecule has 2 aromatic heterocycles.